The van der Waals surface area contributed by atoms with Crippen molar-refractivity contribution in [1.82, 2.24) is 0 Å². The fourth-order valence-electron chi connectivity index (χ4n) is 1.56. The van der Waals surface area contributed by atoms with Gasteiger partial charge in [-0.15, -0.1) is 0 Å². The molecule has 0 radical (unpaired) electrons. The number of ether oxygens (including phenoxy) is 2. The Labute approximate surface area is 135 Å². The molecule has 7 heteroatoms. The smallest absolute Gasteiger partial charge is 0.330 e. The maximum Gasteiger partial charge on any atom is 0.330 e. The molecule has 7 nitrogen and oxygen atoms in total. The Kier molecular flexibility index (Phi) is 10.4. The monoisotopic (exact) mass is 328 g/mol. The molecule has 0 rings (SSSR count). The molecule has 0 bridgehead atoms. The number of hydrogen-bond donors (Lipinski definition) is 2. The predicted molar refractivity (Wildman–Crippen MR) is 82.6 cm³/mol. The predicted octanol–water partition coefficient (Wildman–Crippen LogP) is 1.60. The zero-order valence-electron chi connectivity index (χ0n) is 13.6. The molecule has 0 fully saturated rings. The highest BCUT2D eigenvalue weighted by molar-refractivity contribution is 5.82. The lowest BCUT2D eigenvalue weighted by atomic mass is 10.2. The van der Waals surface area contributed by atoms with Gasteiger partial charge in [-0.1, -0.05) is 12.2 Å². The van der Waals surface area contributed by atoms with Crippen molar-refractivity contribution in [2.75, 3.05) is 0 Å². The first-order valence-electron chi connectivity index (χ1n) is 7.34. The lowest BCUT2D eigenvalue weighted by molar-refractivity contribution is -0.150. The van der Waals surface area contributed by atoms with Gasteiger partial charge in [-0.3, -0.25) is 4.79 Å². The zero-order chi connectivity index (χ0) is 17.8. The number of esters is 2. The molecule has 0 aliphatic heterocycles. The average Bonchev–Trinajstić information content (AvgIpc) is 2.36. The Morgan fingerprint density at radius 3 is 2.00 bits per heavy atom. The van der Waals surface area contributed by atoms with Gasteiger partial charge in [0.1, 0.15) is 12.2 Å². The van der Waals surface area contributed by atoms with Crippen molar-refractivity contribution < 1.29 is 34.1 Å². The Bertz CT molecular complexity index is 451. The number of carboxylic acids is 1. The van der Waals surface area contributed by atoms with Crippen molar-refractivity contribution in [2.45, 2.75) is 58.3 Å². The fraction of sp³-hybridized carbons (Fsp3) is 0.562. The number of carboxylic acid groups (broad SMARTS) is 1. The van der Waals surface area contributed by atoms with Crippen molar-refractivity contribution in [1.29, 1.82) is 0 Å². The molecule has 0 aromatic rings. The highest BCUT2D eigenvalue weighted by atomic mass is 16.5. The molecule has 0 saturated heterocycles. The van der Waals surface area contributed by atoms with Crippen LogP contribution in [-0.4, -0.2) is 46.4 Å². The summed E-state index contributed by atoms with van der Waals surface area (Å²) in [5, 5.41) is 17.5. The summed E-state index contributed by atoms with van der Waals surface area (Å²) in [6, 6.07) is 0. The van der Waals surface area contributed by atoms with E-state index in [9.17, 15) is 14.4 Å². The van der Waals surface area contributed by atoms with E-state index in [4.69, 9.17) is 19.7 Å². The minimum Gasteiger partial charge on any atom is -0.478 e. The van der Waals surface area contributed by atoms with Crippen LogP contribution in [0.1, 0.15) is 40.0 Å². The first kappa shape index (κ1) is 20.9. The summed E-state index contributed by atoms with van der Waals surface area (Å²) in [4.78, 5) is 33.1. The molecule has 0 aliphatic carbocycles. The van der Waals surface area contributed by atoms with Crippen LogP contribution in [0.4, 0.5) is 0 Å². The van der Waals surface area contributed by atoms with Crippen molar-refractivity contribution in [3.63, 3.8) is 0 Å². The zero-order valence-corrected chi connectivity index (χ0v) is 13.6. The van der Waals surface area contributed by atoms with Gasteiger partial charge in [0.2, 0.25) is 0 Å². The summed E-state index contributed by atoms with van der Waals surface area (Å²) in [5.41, 5.74) is 0. The van der Waals surface area contributed by atoms with Gasteiger partial charge in [0.15, 0.2) is 0 Å². The first-order chi connectivity index (χ1) is 10.7. The van der Waals surface area contributed by atoms with E-state index in [2.05, 4.69) is 0 Å². The molecule has 0 aromatic carbocycles. The first-order valence-corrected chi connectivity index (χ1v) is 7.34. The Hall–Kier alpha value is -2.15. The lowest BCUT2D eigenvalue weighted by Gasteiger charge is -2.12. The van der Waals surface area contributed by atoms with Crippen LogP contribution in [0.3, 0.4) is 0 Å². The number of hydrogen-bond acceptors (Lipinski definition) is 6. The molecule has 0 aromatic heterocycles. The highest BCUT2D eigenvalue weighted by Crippen LogP contribution is 2.04. The molecular weight excluding hydrogens is 304 g/mol. The van der Waals surface area contributed by atoms with Gasteiger partial charge in [-0.25, -0.2) is 9.59 Å². The van der Waals surface area contributed by atoms with Crippen LogP contribution >= 0.6 is 0 Å². The van der Waals surface area contributed by atoms with E-state index in [1.165, 1.54) is 25.2 Å². The Morgan fingerprint density at radius 2 is 1.48 bits per heavy atom. The Balaban J connectivity index is 4.03. The van der Waals surface area contributed by atoms with Gasteiger partial charge in [-0.2, -0.15) is 0 Å². The number of carbonyl (C=O) groups is 3. The van der Waals surface area contributed by atoms with E-state index in [1.54, 1.807) is 13.8 Å². The van der Waals surface area contributed by atoms with E-state index < -0.39 is 36.2 Å². The van der Waals surface area contributed by atoms with Gasteiger partial charge in [-0.05, 0) is 20.8 Å². The van der Waals surface area contributed by atoms with Gasteiger partial charge in [0.25, 0.3) is 0 Å². The summed E-state index contributed by atoms with van der Waals surface area (Å²) in [6.45, 7) is 4.82. The van der Waals surface area contributed by atoms with Crippen LogP contribution in [0.2, 0.25) is 0 Å². The second-order valence-electron chi connectivity index (χ2n) is 5.22. The molecule has 0 heterocycles. The number of rotatable bonds is 10. The highest BCUT2D eigenvalue weighted by Gasteiger charge is 2.11. The van der Waals surface area contributed by atoms with Crippen LogP contribution in [0.15, 0.2) is 24.3 Å². The van der Waals surface area contributed by atoms with Crippen molar-refractivity contribution in [3.05, 3.63) is 24.3 Å². The van der Waals surface area contributed by atoms with Crippen molar-refractivity contribution >= 4 is 17.9 Å². The minimum atomic E-state index is -1.05. The molecule has 0 unspecified atom stereocenters. The average molecular weight is 328 g/mol. The van der Waals surface area contributed by atoms with Gasteiger partial charge in [0.05, 0.1) is 12.5 Å². The minimum absolute atomic E-state index is 0.0720. The van der Waals surface area contributed by atoms with E-state index >= 15 is 0 Å². The summed E-state index contributed by atoms with van der Waals surface area (Å²) in [7, 11) is 0. The molecule has 0 aliphatic rings. The topological polar surface area (TPSA) is 110 Å². The maximum atomic E-state index is 11.5. The van der Waals surface area contributed by atoms with Crippen LogP contribution in [0, 0.1) is 0 Å². The third-order valence-corrected chi connectivity index (χ3v) is 2.56. The van der Waals surface area contributed by atoms with Gasteiger partial charge in [0, 0.05) is 25.0 Å². The van der Waals surface area contributed by atoms with E-state index in [1.807, 2.05) is 0 Å². The summed E-state index contributed by atoms with van der Waals surface area (Å²) in [5.74, 6) is -2.10. The van der Waals surface area contributed by atoms with Crippen LogP contribution in [-0.2, 0) is 23.9 Å². The van der Waals surface area contributed by atoms with Crippen molar-refractivity contribution in [2.24, 2.45) is 0 Å². The van der Waals surface area contributed by atoms with E-state index in [0.717, 1.165) is 6.08 Å². The molecule has 23 heavy (non-hydrogen) atoms. The number of aliphatic carboxylic acids is 1. The molecule has 0 spiro atoms. The maximum absolute atomic E-state index is 11.5. The molecule has 130 valence electrons. The quantitative estimate of drug-likeness (QED) is 0.463. The van der Waals surface area contributed by atoms with Crippen LogP contribution in [0.25, 0.3) is 0 Å². The molecule has 0 saturated carbocycles. The SMILES string of the molecule is C[C@@H](O)CC(=O)O[C@@H](C)C/C=C/C(=O)O[C@@H](C)C/C=C/C(=O)O. The van der Waals surface area contributed by atoms with Crippen LogP contribution in [0.5, 0.6) is 0 Å². The van der Waals surface area contributed by atoms with Gasteiger partial charge >= 0.3 is 17.9 Å². The second kappa shape index (κ2) is 11.4. The third kappa shape index (κ3) is 13.2. The second-order valence-corrected chi connectivity index (χ2v) is 5.22. The number of aliphatic hydroxyl groups excluding tert-OH is 1. The summed E-state index contributed by atoms with van der Waals surface area (Å²) < 4.78 is 10.1. The largest absolute Gasteiger partial charge is 0.478 e. The molecule has 0 amide bonds. The fourth-order valence-corrected chi connectivity index (χ4v) is 1.56. The van der Waals surface area contributed by atoms with E-state index in [0.29, 0.717) is 12.8 Å². The normalized spacial score (nSPS) is 15.3. The number of aliphatic hydroxyl groups is 1. The van der Waals surface area contributed by atoms with E-state index in [-0.39, 0.29) is 6.42 Å². The Morgan fingerprint density at radius 1 is 0.957 bits per heavy atom. The standard InChI is InChI=1S/C16H24O7/c1-11(17)10-16(21)23-13(3)7-5-9-15(20)22-12(2)6-4-8-14(18)19/h4-5,8-9,11-13,17H,6-7,10H2,1-3H3,(H,18,19)/b8-4+,9-5+/t11-,12+,13+/m1/s1. The molecular formula is C16H24O7. The summed E-state index contributed by atoms with van der Waals surface area (Å²) in [6.07, 6.45) is 4.13. The number of carbonyl (C=O) groups excluding carboxylic acids is 2. The van der Waals surface area contributed by atoms with Crippen LogP contribution < -0.4 is 0 Å². The lowest BCUT2D eigenvalue weighted by Crippen LogP contribution is -2.18. The summed E-state index contributed by atoms with van der Waals surface area (Å²) >= 11 is 0. The van der Waals surface area contributed by atoms with Gasteiger partial charge < -0.3 is 19.7 Å². The molecule has 3 atom stereocenters. The third-order valence-electron chi connectivity index (χ3n) is 2.56. The van der Waals surface area contributed by atoms with Crippen molar-refractivity contribution in [3.8, 4) is 0 Å². The molecule has 2 N–H and O–H groups in total.